The summed E-state index contributed by atoms with van der Waals surface area (Å²) in [6.07, 6.45) is 0.645. The Morgan fingerprint density at radius 2 is 1.96 bits per heavy atom. The zero-order valence-electron chi connectivity index (χ0n) is 15.4. The number of nitrogens with zero attached hydrogens (tertiary/aromatic N) is 2. The third kappa shape index (κ3) is 3.32. The fourth-order valence-corrected chi connectivity index (χ4v) is 5.77. The molecule has 3 rings (SSSR count). The zero-order chi connectivity index (χ0) is 18.4. The van der Waals surface area contributed by atoms with E-state index in [0.29, 0.717) is 24.4 Å². The molecular formula is C18H27N3O3S. The summed E-state index contributed by atoms with van der Waals surface area (Å²) in [7, 11) is -1.49. The van der Waals surface area contributed by atoms with Crippen molar-refractivity contribution in [2.45, 2.75) is 37.6 Å². The summed E-state index contributed by atoms with van der Waals surface area (Å²) in [5.74, 6) is 0.0576. The lowest BCUT2D eigenvalue weighted by molar-refractivity contribution is -0.121. The van der Waals surface area contributed by atoms with Crippen LogP contribution in [0.3, 0.4) is 0 Å². The summed E-state index contributed by atoms with van der Waals surface area (Å²) in [4.78, 5) is 14.2. The highest BCUT2D eigenvalue weighted by molar-refractivity contribution is 7.89. The Balaban J connectivity index is 1.86. The third-order valence-corrected chi connectivity index (χ3v) is 7.50. The minimum Gasteiger partial charge on any atom is -0.349 e. The van der Waals surface area contributed by atoms with Gasteiger partial charge in [0.2, 0.25) is 15.9 Å². The highest BCUT2D eigenvalue weighted by Gasteiger charge is 2.50. The number of likely N-dealkylation sites (tertiary alicyclic amines) is 1. The Morgan fingerprint density at radius 1 is 1.24 bits per heavy atom. The molecule has 0 unspecified atom stereocenters. The van der Waals surface area contributed by atoms with E-state index >= 15 is 0 Å². The first-order valence-corrected chi connectivity index (χ1v) is 10.1. The van der Waals surface area contributed by atoms with E-state index in [0.717, 1.165) is 24.2 Å². The molecule has 2 saturated heterocycles. The Labute approximate surface area is 150 Å². The first-order chi connectivity index (χ1) is 11.6. The minimum atomic E-state index is -3.51. The van der Waals surface area contributed by atoms with Crippen LogP contribution in [0.4, 0.5) is 0 Å². The van der Waals surface area contributed by atoms with Crippen LogP contribution in [0.1, 0.15) is 24.5 Å². The van der Waals surface area contributed by atoms with E-state index in [4.69, 9.17) is 0 Å². The van der Waals surface area contributed by atoms with Crippen LogP contribution in [0, 0.1) is 19.8 Å². The molecule has 0 aliphatic carbocycles. The van der Waals surface area contributed by atoms with Crippen molar-refractivity contribution < 1.29 is 13.2 Å². The monoisotopic (exact) mass is 365 g/mol. The number of likely N-dealkylation sites (N-methyl/N-ethyl adjacent to an activating group) is 1. The van der Waals surface area contributed by atoms with Crippen LogP contribution >= 0.6 is 0 Å². The lowest BCUT2D eigenvalue weighted by Gasteiger charge is -2.43. The van der Waals surface area contributed by atoms with Crippen molar-refractivity contribution in [1.29, 1.82) is 0 Å². The molecule has 2 fully saturated rings. The third-order valence-electron chi connectivity index (χ3n) is 5.64. The van der Waals surface area contributed by atoms with Gasteiger partial charge in [-0.25, -0.2) is 8.42 Å². The number of carbonyl (C=O) groups excluding carboxylic acids is 1. The average Bonchev–Trinajstić information content (AvgIpc) is 2.83. The number of hydrogen-bond donors (Lipinski definition) is 1. The molecule has 0 spiro atoms. The molecule has 2 aliphatic rings. The predicted octanol–water partition coefficient (Wildman–Crippen LogP) is 1.13. The normalized spacial score (nSPS) is 27.9. The molecule has 7 heteroatoms. The molecule has 0 radical (unpaired) electrons. The van der Waals surface area contributed by atoms with Gasteiger partial charge in [-0.3, -0.25) is 4.79 Å². The smallest absolute Gasteiger partial charge is 0.243 e. The molecule has 25 heavy (non-hydrogen) atoms. The predicted molar refractivity (Wildman–Crippen MR) is 96.8 cm³/mol. The van der Waals surface area contributed by atoms with Gasteiger partial charge in [0, 0.05) is 39.0 Å². The number of benzene rings is 1. The Morgan fingerprint density at radius 3 is 2.60 bits per heavy atom. The zero-order valence-corrected chi connectivity index (χ0v) is 16.2. The largest absolute Gasteiger partial charge is 0.349 e. The first-order valence-electron chi connectivity index (χ1n) is 8.69. The maximum Gasteiger partial charge on any atom is 0.243 e. The van der Waals surface area contributed by atoms with Gasteiger partial charge in [0.05, 0.1) is 10.4 Å². The molecule has 0 bridgehead atoms. The summed E-state index contributed by atoms with van der Waals surface area (Å²) >= 11 is 0. The summed E-state index contributed by atoms with van der Waals surface area (Å²) in [5, 5.41) is 3.11. The maximum atomic E-state index is 13.1. The number of carbonyl (C=O) groups is 1. The van der Waals surface area contributed by atoms with Gasteiger partial charge >= 0.3 is 0 Å². The van der Waals surface area contributed by atoms with Crippen LogP contribution in [0.15, 0.2) is 23.1 Å². The molecule has 2 atom stereocenters. The summed E-state index contributed by atoms with van der Waals surface area (Å²) in [6.45, 7) is 7.87. The second-order valence-corrected chi connectivity index (χ2v) is 9.53. The molecule has 1 aromatic carbocycles. The fraction of sp³-hybridized carbons (Fsp3) is 0.611. The lowest BCUT2D eigenvalue weighted by atomic mass is 9.81. The van der Waals surface area contributed by atoms with Crippen molar-refractivity contribution >= 4 is 15.9 Å². The summed E-state index contributed by atoms with van der Waals surface area (Å²) in [6, 6.07) is 5.30. The van der Waals surface area contributed by atoms with Gasteiger partial charge in [-0.15, -0.1) is 0 Å². The fourth-order valence-electron chi connectivity index (χ4n) is 4.20. The number of amides is 1. The van der Waals surface area contributed by atoms with Crippen molar-refractivity contribution in [3.8, 4) is 0 Å². The van der Waals surface area contributed by atoms with Crippen molar-refractivity contribution in [3.63, 3.8) is 0 Å². The standard InChI is InChI=1S/C18H27N3O3S/c1-13-5-6-17(9-14(13)2)25(23,24)21-8-7-18(19-15(3)22)12-20(4)10-16(18)11-21/h5-6,9,16H,7-8,10-12H2,1-4H3,(H,19,22)/t16-,18+/m0/s1. The van der Waals surface area contributed by atoms with Crippen LogP contribution in [0.2, 0.25) is 0 Å². The second kappa shape index (κ2) is 6.37. The van der Waals surface area contributed by atoms with E-state index in [2.05, 4.69) is 10.2 Å². The highest BCUT2D eigenvalue weighted by Crippen LogP contribution is 2.36. The number of piperidine rings is 1. The maximum absolute atomic E-state index is 13.1. The highest BCUT2D eigenvalue weighted by atomic mass is 32.2. The van der Waals surface area contributed by atoms with Crippen LogP contribution in [0.25, 0.3) is 0 Å². The van der Waals surface area contributed by atoms with Crippen molar-refractivity contribution in [1.82, 2.24) is 14.5 Å². The van der Waals surface area contributed by atoms with Crippen LogP contribution < -0.4 is 5.32 Å². The van der Waals surface area contributed by atoms with Gasteiger partial charge in [0.25, 0.3) is 0 Å². The summed E-state index contributed by atoms with van der Waals surface area (Å²) < 4.78 is 27.7. The van der Waals surface area contributed by atoms with Gasteiger partial charge in [0.1, 0.15) is 0 Å². The molecule has 1 amide bonds. The topological polar surface area (TPSA) is 69.7 Å². The molecule has 2 aliphatic heterocycles. The van der Waals surface area contributed by atoms with E-state index in [-0.39, 0.29) is 17.4 Å². The van der Waals surface area contributed by atoms with Crippen LogP contribution in [-0.4, -0.2) is 62.3 Å². The van der Waals surface area contributed by atoms with E-state index in [1.165, 1.54) is 6.92 Å². The summed E-state index contributed by atoms with van der Waals surface area (Å²) in [5.41, 5.74) is 1.75. The van der Waals surface area contributed by atoms with E-state index in [9.17, 15) is 13.2 Å². The second-order valence-electron chi connectivity index (χ2n) is 7.59. The quantitative estimate of drug-likeness (QED) is 0.872. The molecule has 0 aromatic heterocycles. The minimum absolute atomic E-state index is 0.0502. The average molecular weight is 365 g/mol. The van der Waals surface area contributed by atoms with Gasteiger partial charge in [-0.05, 0) is 50.6 Å². The molecular weight excluding hydrogens is 338 g/mol. The van der Waals surface area contributed by atoms with Crippen molar-refractivity contribution in [2.75, 3.05) is 33.2 Å². The van der Waals surface area contributed by atoms with E-state index in [1.807, 2.05) is 27.0 Å². The first kappa shape index (κ1) is 18.4. The molecule has 2 heterocycles. The lowest BCUT2D eigenvalue weighted by Crippen LogP contribution is -2.61. The Bertz CT molecular complexity index is 793. The van der Waals surface area contributed by atoms with Crippen molar-refractivity contribution in [3.05, 3.63) is 29.3 Å². The van der Waals surface area contributed by atoms with Gasteiger partial charge < -0.3 is 10.2 Å². The number of rotatable bonds is 3. The van der Waals surface area contributed by atoms with Gasteiger partial charge in [-0.2, -0.15) is 4.31 Å². The SMILES string of the molecule is CC(=O)N[C@@]12CCN(S(=O)(=O)c3ccc(C)c(C)c3)C[C@@H]1CN(C)C2. The number of nitrogens with one attached hydrogen (secondary N) is 1. The van der Waals surface area contributed by atoms with E-state index in [1.54, 1.807) is 16.4 Å². The molecule has 1 aromatic rings. The Kier molecular flexibility index (Phi) is 4.68. The van der Waals surface area contributed by atoms with Crippen LogP contribution in [-0.2, 0) is 14.8 Å². The molecule has 1 N–H and O–H groups in total. The van der Waals surface area contributed by atoms with Crippen molar-refractivity contribution in [2.24, 2.45) is 5.92 Å². The number of sulfonamides is 1. The van der Waals surface area contributed by atoms with Crippen LogP contribution in [0.5, 0.6) is 0 Å². The number of hydrogen-bond acceptors (Lipinski definition) is 4. The molecule has 0 saturated carbocycles. The van der Waals surface area contributed by atoms with Gasteiger partial charge in [-0.1, -0.05) is 6.07 Å². The number of fused-ring (bicyclic) bond motifs is 1. The number of aryl methyl sites for hydroxylation is 2. The molecule has 6 nitrogen and oxygen atoms in total. The molecule has 138 valence electrons. The van der Waals surface area contributed by atoms with Gasteiger partial charge in [0.15, 0.2) is 0 Å². The van der Waals surface area contributed by atoms with E-state index < -0.39 is 10.0 Å². The Hall–Kier alpha value is -1.44.